The van der Waals surface area contributed by atoms with Crippen LogP contribution < -0.4 is 0 Å². The predicted molar refractivity (Wildman–Crippen MR) is 87.7 cm³/mol. The molecule has 5 rings (SSSR count). The monoisotopic (exact) mass is 316 g/mol. The summed E-state index contributed by atoms with van der Waals surface area (Å²) in [6.07, 6.45) is 3.90. The Bertz CT molecular complexity index is 618. The van der Waals surface area contributed by atoms with Crippen LogP contribution >= 0.6 is 0 Å². The van der Waals surface area contributed by atoms with E-state index >= 15 is 0 Å². The largest absolute Gasteiger partial charge is 0.392 e. The SMILES string of the molecule is C=C1C[C@@]23CC[C@@H]4C(C)(C)C(=O)CC[C@@]4(C)[C@@H]2[C@H](O)[C@@H]1CC3=O. The molecule has 0 unspecified atom stereocenters. The van der Waals surface area contributed by atoms with E-state index in [2.05, 4.69) is 27.4 Å². The summed E-state index contributed by atoms with van der Waals surface area (Å²) in [5.74, 6) is 0.896. The first-order valence-electron chi connectivity index (χ1n) is 9.07. The Labute approximate surface area is 138 Å². The molecule has 1 spiro atoms. The molecule has 3 nitrogen and oxygen atoms in total. The molecule has 0 aromatic heterocycles. The van der Waals surface area contributed by atoms with Gasteiger partial charge in [-0.3, -0.25) is 9.59 Å². The fourth-order valence-corrected chi connectivity index (χ4v) is 7.15. The van der Waals surface area contributed by atoms with E-state index < -0.39 is 11.5 Å². The van der Waals surface area contributed by atoms with Gasteiger partial charge >= 0.3 is 0 Å². The van der Waals surface area contributed by atoms with Crippen LogP contribution in [0.1, 0.15) is 59.3 Å². The van der Waals surface area contributed by atoms with Crippen LogP contribution in [0.4, 0.5) is 0 Å². The van der Waals surface area contributed by atoms with Crippen LogP contribution in [0.25, 0.3) is 0 Å². The highest BCUT2D eigenvalue weighted by Gasteiger charge is 2.69. The van der Waals surface area contributed by atoms with Crippen molar-refractivity contribution in [3.63, 3.8) is 0 Å². The highest BCUT2D eigenvalue weighted by molar-refractivity contribution is 5.90. The minimum atomic E-state index is -0.467. The average Bonchev–Trinajstić information content (AvgIpc) is 2.45. The first-order valence-corrected chi connectivity index (χ1v) is 9.07. The number of carbonyl (C=O) groups is 2. The van der Waals surface area contributed by atoms with E-state index in [4.69, 9.17) is 0 Å². The Kier molecular flexibility index (Phi) is 2.95. The van der Waals surface area contributed by atoms with Crippen LogP contribution in [-0.4, -0.2) is 22.8 Å². The molecule has 126 valence electrons. The summed E-state index contributed by atoms with van der Waals surface area (Å²) in [6.45, 7) is 10.6. The molecule has 5 fully saturated rings. The molecule has 5 aliphatic carbocycles. The molecule has 23 heavy (non-hydrogen) atoms. The molecule has 5 saturated carbocycles. The van der Waals surface area contributed by atoms with Crippen LogP contribution in [0.5, 0.6) is 0 Å². The summed E-state index contributed by atoms with van der Waals surface area (Å²) in [4.78, 5) is 25.4. The van der Waals surface area contributed by atoms with Crippen molar-refractivity contribution in [1.29, 1.82) is 0 Å². The molecule has 0 radical (unpaired) electrons. The minimum Gasteiger partial charge on any atom is -0.392 e. The van der Waals surface area contributed by atoms with Gasteiger partial charge in [0.25, 0.3) is 0 Å². The number of hydrogen-bond acceptors (Lipinski definition) is 3. The lowest BCUT2D eigenvalue weighted by molar-refractivity contribution is -0.209. The first kappa shape index (κ1) is 15.6. The zero-order valence-electron chi connectivity index (χ0n) is 14.5. The lowest BCUT2D eigenvalue weighted by Crippen LogP contribution is -2.68. The zero-order chi connectivity index (χ0) is 16.8. The third-order valence-electron chi connectivity index (χ3n) is 8.24. The number of aliphatic hydroxyl groups excluding tert-OH is 1. The van der Waals surface area contributed by atoms with E-state index in [1.807, 2.05) is 0 Å². The Morgan fingerprint density at radius 1 is 1.13 bits per heavy atom. The second-order valence-corrected chi connectivity index (χ2v) is 9.44. The minimum absolute atomic E-state index is 0.00197. The van der Waals surface area contributed by atoms with E-state index in [0.29, 0.717) is 24.4 Å². The number of rotatable bonds is 0. The Morgan fingerprint density at radius 2 is 1.83 bits per heavy atom. The molecule has 0 aromatic carbocycles. The van der Waals surface area contributed by atoms with Gasteiger partial charge in [0.05, 0.1) is 6.10 Å². The number of aliphatic hydroxyl groups is 1. The summed E-state index contributed by atoms with van der Waals surface area (Å²) in [5, 5.41) is 11.1. The van der Waals surface area contributed by atoms with Crippen molar-refractivity contribution in [1.82, 2.24) is 0 Å². The maximum atomic E-state index is 12.9. The molecular weight excluding hydrogens is 288 g/mol. The summed E-state index contributed by atoms with van der Waals surface area (Å²) < 4.78 is 0. The molecule has 5 aliphatic rings. The molecule has 6 atom stereocenters. The van der Waals surface area contributed by atoms with Gasteiger partial charge in [0.15, 0.2) is 0 Å². The van der Waals surface area contributed by atoms with Gasteiger partial charge in [-0.05, 0) is 37.0 Å². The normalized spacial score (nSPS) is 51.4. The van der Waals surface area contributed by atoms with Gasteiger partial charge in [-0.25, -0.2) is 0 Å². The van der Waals surface area contributed by atoms with Gasteiger partial charge in [-0.15, -0.1) is 0 Å². The Balaban J connectivity index is 1.85. The van der Waals surface area contributed by atoms with E-state index in [9.17, 15) is 14.7 Å². The molecule has 2 bridgehead atoms. The van der Waals surface area contributed by atoms with Gasteiger partial charge < -0.3 is 5.11 Å². The molecular formula is C20H28O3. The van der Waals surface area contributed by atoms with Crippen molar-refractivity contribution in [2.45, 2.75) is 65.4 Å². The van der Waals surface area contributed by atoms with Crippen LogP contribution in [0.3, 0.4) is 0 Å². The standard InChI is InChI=1S/C20H28O3/c1-11-10-20-8-5-13-18(2,3)14(21)6-7-19(13,4)17(20)16(23)12(11)9-15(20)22/h12-13,16-17,23H,1,5-10H2,2-4H3/t12-,13-,16-,17+,19-,20-/m1/s1. The molecule has 0 amide bonds. The maximum Gasteiger partial charge on any atom is 0.140 e. The quantitative estimate of drug-likeness (QED) is 0.698. The fourth-order valence-electron chi connectivity index (χ4n) is 7.15. The van der Waals surface area contributed by atoms with E-state index in [-0.39, 0.29) is 28.6 Å². The molecule has 3 heteroatoms. The first-order chi connectivity index (χ1) is 10.6. The van der Waals surface area contributed by atoms with E-state index in [0.717, 1.165) is 31.3 Å². The van der Waals surface area contributed by atoms with Crippen molar-refractivity contribution in [2.24, 2.45) is 34.0 Å². The lowest BCUT2D eigenvalue weighted by Gasteiger charge is -2.67. The maximum absolute atomic E-state index is 12.9. The van der Waals surface area contributed by atoms with Crippen molar-refractivity contribution >= 4 is 11.6 Å². The van der Waals surface area contributed by atoms with Crippen LogP contribution in [0, 0.1) is 34.0 Å². The van der Waals surface area contributed by atoms with Gasteiger partial charge in [-0.2, -0.15) is 0 Å². The Morgan fingerprint density at radius 3 is 2.52 bits per heavy atom. The molecule has 0 aromatic rings. The second-order valence-electron chi connectivity index (χ2n) is 9.44. The smallest absolute Gasteiger partial charge is 0.140 e. The summed E-state index contributed by atoms with van der Waals surface area (Å²) in [5.41, 5.74) is 0.198. The number of hydrogen-bond donors (Lipinski definition) is 1. The molecule has 1 N–H and O–H groups in total. The van der Waals surface area contributed by atoms with Crippen LogP contribution in [0.15, 0.2) is 12.2 Å². The molecule has 0 saturated heterocycles. The van der Waals surface area contributed by atoms with Gasteiger partial charge in [-0.1, -0.05) is 32.9 Å². The van der Waals surface area contributed by atoms with Crippen molar-refractivity contribution in [2.75, 3.05) is 0 Å². The number of ketones is 2. The summed E-state index contributed by atoms with van der Waals surface area (Å²) in [6, 6.07) is 0. The highest BCUT2D eigenvalue weighted by Crippen LogP contribution is 2.70. The fraction of sp³-hybridized carbons (Fsp3) is 0.800. The molecule has 0 heterocycles. The second kappa shape index (κ2) is 4.36. The number of carbonyl (C=O) groups excluding carboxylic acids is 2. The number of fused-ring (bicyclic) bond motifs is 3. The van der Waals surface area contributed by atoms with Crippen molar-refractivity contribution in [3.8, 4) is 0 Å². The van der Waals surface area contributed by atoms with E-state index in [1.165, 1.54) is 0 Å². The molecule has 0 aliphatic heterocycles. The summed E-state index contributed by atoms with van der Waals surface area (Å²) >= 11 is 0. The third kappa shape index (κ3) is 1.65. The third-order valence-corrected chi connectivity index (χ3v) is 8.24. The lowest BCUT2D eigenvalue weighted by atomic mass is 9.36. The zero-order valence-corrected chi connectivity index (χ0v) is 14.5. The Hall–Kier alpha value is -0.960. The van der Waals surface area contributed by atoms with E-state index in [1.54, 1.807) is 0 Å². The van der Waals surface area contributed by atoms with Gasteiger partial charge in [0.1, 0.15) is 11.6 Å². The van der Waals surface area contributed by atoms with Crippen molar-refractivity contribution in [3.05, 3.63) is 12.2 Å². The highest BCUT2D eigenvalue weighted by atomic mass is 16.3. The van der Waals surface area contributed by atoms with Crippen LogP contribution in [-0.2, 0) is 9.59 Å². The predicted octanol–water partition coefficient (Wildman–Crippen LogP) is 3.30. The summed E-state index contributed by atoms with van der Waals surface area (Å²) in [7, 11) is 0. The van der Waals surface area contributed by atoms with Crippen molar-refractivity contribution < 1.29 is 14.7 Å². The van der Waals surface area contributed by atoms with Gasteiger partial charge in [0, 0.05) is 35.5 Å². The van der Waals surface area contributed by atoms with Crippen LogP contribution in [0.2, 0.25) is 0 Å². The number of Topliss-reactive ketones (excluding diaryl/α,β-unsaturated/α-hetero) is 2. The van der Waals surface area contributed by atoms with Gasteiger partial charge in [0.2, 0.25) is 0 Å². The topological polar surface area (TPSA) is 54.4 Å². The average molecular weight is 316 g/mol.